The number of hydrogen-bond donors (Lipinski definition) is 0. The third kappa shape index (κ3) is 2.81. The van der Waals surface area contributed by atoms with Gasteiger partial charge in [-0.15, -0.1) is 0 Å². The molecule has 0 bridgehead atoms. The SMILES string of the molecule is CC.CO/N=C1\CCCc2ccc(F)cc21. The van der Waals surface area contributed by atoms with Gasteiger partial charge in [0.05, 0.1) is 5.71 Å². The van der Waals surface area contributed by atoms with E-state index in [-0.39, 0.29) is 5.82 Å². The second kappa shape index (κ2) is 6.26. The van der Waals surface area contributed by atoms with Crippen molar-refractivity contribution in [3.8, 4) is 0 Å². The fourth-order valence-electron chi connectivity index (χ4n) is 1.82. The molecule has 0 aromatic heterocycles. The van der Waals surface area contributed by atoms with Crippen LogP contribution in [0.3, 0.4) is 0 Å². The molecule has 16 heavy (non-hydrogen) atoms. The topological polar surface area (TPSA) is 21.6 Å². The van der Waals surface area contributed by atoms with Gasteiger partial charge in [0.2, 0.25) is 0 Å². The summed E-state index contributed by atoms with van der Waals surface area (Å²) in [5.74, 6) is -0.213. The van der Waals surface area contributed by atoms with E-state index in [9.17, 15) is 4.39 Å². The van der Waals surface area contributed by atoms with Crippen molar-refractivity contribution in [2.24, 2.45) is 5.16 Å². The maximum atomic E-state index is 13.0. The minimum Gasteiger partial charge on any atom is -0.399 e. The number of halogens is 1. The summed E-state index contributed by atoms with van der Waals surface area (Å²) in [6.07, 6.45) is 2.92. The standard InChI is InChI=1S/C11H12FNO.C2H6/c1-14-13-11-4-2-3-8-5-6-9(12)7-10(8)11;1-2/h5-7H,2-4H2,1H3;1-2H3/b13-11+;. The van der Waals surface area contributed by atoms with E-state index in [4.69, 9.17) is 4.84 Å². The second-order valence-corrected chi connectivity index (χ2v) is 3.38. The number of aryl methyl sites for hydroxylation is 1. The molecule has 0 saturated heterocycles. The minimum atomic E-state index is -0.213. The molecule has 1 aliphatic carbocycles. The Hall–Kier alpha value is -1.38. The lowest BCUT2D eigenvalue weighted by atomic mass is 9.90. The normalized spacial score (nSPS) is 16.1. The van der Waals surface area contributed by atoms with Crippen LogP contribution in [0.5, 0.6) is 0 Å². The summed E-state index contributed by atoms with van der Waals surface area (Å²) in [6, 6.07) is 4.86. The average molecular weight is 223 g/mol. The Morgan fingerprint density at radius 2 is 2.00 bits per heavy atom. The van der Waals surface area contributed by atoms with Crippen LogP contribution in [-0.4, -0.2) is 12.8 Å². The Morgan fingerprint density at radius 1 is 1.25 bits per heavy atom. The molecule has 1 aliphatic rings. The van der Waals surface area contributed by atoms with Gasteiger partial charge < -0.3 is 4.84 Å². The van der Waals surface area contributed by atoms with Crippen molar-refractivity contribution < 1.29 is 9.23 Å². The summed E-state index contributed by atoms with van der Waals surface area (Å²) in [5, 5.41) is 3.92. The lowest BCUT2D eigenvalue weighted by Crippen LogP contribution is -2.12. The van der Waals surface area contributed by atoms with Crippen molar-refractivity contribution in [1.82, 2.24) is 0 Å². The zero-order chi connectivity index (χ0) is 12.0. The molecule has 3 heteroatoms. The second-order valence-electron chi connectivity index (χ2n) is 3.38. The monoisotopic (exact) mass is 223 g/mol. The first kappa shape index (κ1) is 12.7. The van der Waals surface area contributed by atoms with Crippen LogP contribution in [-0.2, 0) is 11.3 Å². The molecule has 0 N–H and O–H groups in total. The maximum absolute atomic E-state index is 13.0. The molecular formula is C13H18FNO. The first-order valence-corrected chi connectivity index (χ1v) is 5.70. The molecule has 2 rings (SSSR count). The van der Waals surface area contributed by atoms with Gasteiger partial charge in [0.1, 0.15) is 12.9 Å². The van der Waals surface area contributed by atoms with E-state index >= 15 is 0 Å². The fraction of sp³-hybridized carbons (Fsp3) is 0.462. The van der Waals surface area contributed by atoms with Crippen LogP contribution in [0.4, 0.5) is 4.39 Å². The summed E-state index contributed by atoms with van der Waals surface area (Å²) >= 11 is 0. The van der Waals surface area contributed by atoms with Crippen LogP contribution >= 0.6 is 0 Å². The first-order chi connectivity index (χ1) is 7.81. The number of rotatable bonds is 1. The van der Waals surface area contributed by atoms with Gasteiger partial charge in [-0.05, 0) is 37.0 Å². The van der Waals surface area contributed by atoms with E-state index in [0.29, 0.717) is 0 Å². The summed E-state index contributed by atoms with van der Waals surface area (Å²) in [4.78, 5) is 4.74. The Kier molecular flexibility index (Phi) is 4.96. The molecule has 88 valence electrons. The number of benzene rings is 1. The van der Waals surface area contributed by atoms with Gasteiger partial charge in [-0.1, -0.05) is 25.1 Å². The molecular weight excluding hydrogens is 205 g/mol. The zero-order valence-corrected chi connectivity index (χ0v) is 10.1. The highest BCUT2D eigenvalue weighted by atomic mass is 19.1. The molecule has 1 aromatic rings. The third-order valence-electron chi connectivity index (χ3n) is 2.44. The van der Waals surface area contributed by atoms with E-state index in [0.717, 1.165) is 36.1 Å². The predicted molar refractivity (Wildman–Crippen MR) is 64.2 cm³/mol. The van der Waals surface area contributed by atoms with Crippen LogP contribution < -0.4 is 0 Å². The summed E-state index contributed by atoms with van der Waals surface area (Å²) < 4.78 is 13.0. The van der Waals surface area contributed by atoms with Crippen molar-refractivity contribution in [3.63, 3.8) is 0 Å². The van der Waals surface area contributed by atoms with Crippen LogP contribution in [0.25, 0.3) is 0 Å². The molecule has 0 heterocycles. The zero-order valence-electron chi connectivity index (χ0n) is 10.1. The largest absolute Gasteiger partial charge is 0.399 e. The Morgan fingerprint density at radius 3 is 2.69 bits per heavy atom. The molecule has 0 saturated carbocycles. The molecule has 1 aromatic carbocycles. The van der Waals surface area contributed by atoms with Gasteiger partial charge >= 0.3 is 0 Å². The number of oxime groups is 1. The highest BCUT2D eigenvalue weighted by molar-refractivity contribution is 6.02. The quantitative estimate of drug-likeness (QED) is 0.667. The first-order valence-electron chi connectivity index (χ1n) is 5.70. The van der Waals surface area contributed by atoms with Gasteiger partial charge in [-0.3, -0.25) is 0 Å². The van der Waals surface area contributed by atoms with E-state index in [1.54, 1.807) is 0 Å². The fourth-order valence-corrected chi connectivity index (χ4v) is 1.82. The summed E-state index contributed by atoms with van der Waals surface area (Å²) in [5.41, 5.74) is 2.92. The highest BCUT2D eigenvalue weighted by Crippen LogP contribution is 2.22. The van der Waals surface area contributed by atoms with Crippen molar-refractivity contribution in [1.29, 1.82) is 0 Å². The third-order valence-corrected chi connectivity index (χ3v) is 2.44. The Labute approximate surface area is 96.1 Å². The van der Waals surface area contributed by atoms with Gasteiger partial charge in [0.15, 0.2) is 0 Å². The van der Waals surface area contributed by atoms with Crippen molar-refractivity contribution in [3.05, 3.63) is 35.1 Å². The van der Waals surface area contributed by atoms with Gasteiger partial charge in [0, 0.05) is 5.56 Å². The van der Waals surface area contributed by atoms with E-state index in [1.165, 1.54) is 19.2 Å². The van der Waals surface area contributed by atoms with Gasteiger partial charge in [-0.25, -0.2) is 4.39 Å². The number of nitrogens with zero attached hydrogens (tertiary/aromatic N) is 1. The minimum absolute atomic E-state index is 0.213. The van der Waals surface area contributed by atoms with Crippen LogP contribution in [0.2, 0.25) is 0 Å². The van der Waals surface area contributed by atoms with Crippen LogP contribution in [0.15, 0.2) is 23.4 Å². The van der Waals surface area contributed by atoms with E-state index < -0.39 is 0 Å². The Balaban J connectivity index is 0.000000606. The lowest BCUT2D eigenvalue weighted by Gasteiger charge is -2.16. The lowest BCUT2D eigenvalue weighted by molar-refractivity contribution is 0.212. The molecule has 0 radical (unpaired) electrons. The number of fused-ring (bicyclic) bond motifs is 1. The molecule has 0 aliphatic heterocycles. The van der Waals surface area contributed by atoms with E-state index in [2.05, 4.69) is 5.16 Å². The van der Waals surface area contributed by atoms with Crippen LogP contribution in [0.1, 0.15) is 37.8 Å². The van der Waals surface area contributed by atoms with E-state index in [1.807, 2.05) is 19.9 Å². The average Bonchev–Trinajstić information content (AvgIpc) is 2.33. The molecule has 0 unspecified atom stereocenters. The predicted octanol–water partition coefficient (Wildman–Crippen LogP) is 3.54. The summed E-state index contributed by atoms with van der Waals surface area (Å²) in [6.45, 7) is 4.00. The molecule has 2 nitrogen and oxygen atoms in total. The Bertz CT molecular complexity index is 374. The van der Waals surface area contributed by atoms with Gasteiger partial charge in [-0.2, -0.15) is 0 Å². The van der Waals surface area contributed by atoms with Gasteiger partial charge in [0.25, 0.3) is 0 Å². The number of hydrogen-bond acceptors (Lipinski definition) is 2. The van der Waals surface area contributed by atoms with Crippen molar-refractivity contribution in [2.45, 2.75) is 33.1 Å². The molecule has 0 spiro atoms. The molecule has 0 fully saturated rings. The van der Waals surface area contributed by atoms with Crippen molar-refractivity contribution in [2.75, 3.05) is 7.11 Å². The molecule has 0 amide bonds. The maximum Gasteiger partial charge on any atom is 0.123 e. The highest BCUT2D eigenvalue weighted by Gasteiger charge is 2.16. The molecule has 0 atom stereocenters. The summed E-state index contributed by atoms with van der Waals surface area (Å²) in [7, 11) is 1.51. The smallest absolute Gasteiger partial charge is 0.123 e. The van der Waals surface area contributed by atoms with Crippen LogP contribution in [0, 0.1) is 5.82 Å². The van der Waals surface area contributed by atoms with Crippen molar-refractivity contribution >= 4 is 5.71 Å².